The quantitative estimate of drug-likeness (QED) is 0.300. The molecule has 1 aliphatic heterocycles. The fourth-order valence-corrected chi connectivity index (χ4v) is 6.06. The molecule has 1 saturated carbocycles. The molecular weight excluding hydrogens is 438 g/mol. The van der Waals surface area contributed by atoms with Gasteiger partial charge in [-0.3, -0.25) is 19.3 Å². The van der Waals surface area contributed by atoms with E-state index in [-0.39, 0.29) is 53.8 Å². The van der Waals surface area contributed by atoms with Gasteiger partial charge in [0.05, 0.1) is 24.0 Å². The van der Waals surface area contributed by atoms with Crippen LogP contribution >= 0.6 is 23.6 Å². The molecule has 4 rings (SSSR count). The highest BCUT2D eigenvalue weighted by Crippen LogP contribution is 2.52. The number of allylic oxidation sites excluding steroid dienone is 2. The molecule has 4 atom stereocenters. The van der Waals surface area contributed by atoms with Crippen LogP contribution in [0, 0.1) is 37.5 Å². The molecule has 0 aromatic carbocycles. The van der Waals surface area contributed by atoms with Crippen molar-refractivity contribution >= 4 is 57.4 Å². The number of nitrogens with one attached hydrogen (secondary N) is 2. The average molecular weight is 462 g/mol. The Morgan fingerprint density at radius 2 is 1.81 bits per heavy atom. The largest absolute Gasteiger partial charge is 0.462 e. The van der Waals surface area contributed by atoms with Gasteiger partial charge in [-0.25, -0.2) is 4.79 Å². The number of anilines is 1. The van der Waals surface area contributed by atoms with E-state index in [1.54, 1.807) is 6.92 Å². The number of hydrogen-bond acceptors (Lipinski definition) is 7. The Bertz CT molecular complexity index is 1000. The molecule has 3 amide bonds. The SMILES string of the molecule is CCOC(=O)c1c(NC(=S)NC(=O)CN2C(=O)[C@@H]3[C@@H](C2=O)[C@@H]2C=C[C@@H]3C2)sc(C)c1C. The molecular formula is C21H23N3O5S2. The smallest absolute Gasteiger partial charge is 0.341 e. The molecule has 31 heavy (non-hydrogen) atoms. The predicted octanol–water partition coefficient (Wildman–Crippen LogP) is 2.16. The number of thiophene rings is 1. The van der Waals surface area contributed by atoms with E-state index >= 15 is 0 Å². The van der Waals surface area contributed by atoms with Crippen molar-refractivity contribution in [1.82, 2.24) is 10.2 Å². The molecule has 2 N–H and O–H groups in total. The average Bonchev–Trinajstić information content (AvgIpc) is 3.43. The maximum atomic E-state index is 12.7. The molecule has 8 nitrogen and oxygen atoms in total. The van der Waals surface area contributed by atoms with E-state index < -0.39 is 11.9 Å². The van der Waals surface area contributed by atoms with Gasteiger partial charge in [-0.2, -0.15) is 0 Å². The second kappa shape index (κ2) is 8.16. The van der Waals surface area contributed by atoms with Gasteiger partial charge >= 0.3 is 5.97 Å². The zero-order chi connectivity index (χ0) is 22.4. The maximum Gasteiger partial charge on any atom is 0.341 e. The number of ether oxygens (including phenoxy) is 1. The Hall–Kier alpha value is -2.59. The number of imide groups is 1. The van der Waals surface area contributed by atoms with E-state index in [9.17, 15) is 19.2 Å². The number of carbonyl (C=O) groups excluding carboxylic acids is 4. The van der Waals surface area contributed by atoms with Crippen LogP contribution in [0.1, 0.15) is 34.1 Å². The fraction of sp³-hybridized carbons (Fsp3) is 0.476. The Balaban J connectivity index is 1.39. The summed E-state index contributed by atoms with van der Waals surface area (Å²) in [6, 6.07) is 0. The predicted molar refractivity (Wildman–Crippen MR) is 119 cm³/mol. The van der Waals surface area contributed by atoms with Crippen LogP contribution in [0.2, 0.25) is 0 Å². The number of aryl methyl sites for hydroxylation is 1. The zero-order valence-corrected chi connectivity index (χ0v) is 19.0. The van der Waals surface area contributed by atoms with Crippen LogP contribution in [0.25, 0.3) is 0 Å². The van der Waals surface area contributed by atoms with Crippen molar-refractivity contribution < 1.29 is 23.9 Å². The molecule has 2 fully saturated rings. The summed E-state index contributed by atoms with van der Waals surface area (Å²) < 4.78 is 5.11. The van der Waals surface area contributed by atoms with Crippen molar-refractivity contribution in [1.29, 1.82) is 0 Å². The molecule has 0 radical (unpaired) electrons. The summed E-state index contributed by atoms with van der Waals surface area (Å²) in [4.78, 5) is 52.2. The van der Waals surface area contributed by atoms with Crippen molar-refractivity contribution in [2.75, 3.05) is 18.5 Å². The van der Waals surface area contributed by atoms with E-state index in [0.29, 0.717) is 10.6 Å². The van der Waals surface area contributed by atoms with Crippen LogP contribution in [-0.4, -0.2) is 46.9 Å². The van der Waals surface area contributed by atoms with Gasteiger partial charge in [0.1, 0.15) is 11.5 Å². The van der Waals surface area contributed by atoms with Crippen LogP contribution in [0.3, 0.4) is 0 Å². The second-order valence-electron chi connectivity index (χ2n) is 7.97. The highest BCUT2D eigenvalue weighted by Gasteiger charge is 2.59. The van der Waals surface area contributed by atoms with Gasteiger partial charge < -0.3 is 15.4 Å². The fourth-order valence-electron chi connectivity index (χ4n) is 4.73. The molecule has 10 heteroatoms. The standard InChI is InChI=1S/C21H23N3O5S2/c1-4-29-20(28)14-9(2)10(3)31-17(14)23-21(30)22-13(25)8-24-18(26)15-11-5-6-12(7-11)16(15)19(24)27/h5-6,11-12,15-16H,4,7-8H2,1-3H3,(H2,22,23,25,30)/t11-,12-,15+,16+/m1/s1. The highest BCUT2D eigenvalue weighted by atomic mass is 32.1. The third kappa shape index (κ3) is 3.67. The lowest BCUT2D eigenvalue weighted by atomic mass is 9.85. The molecule has 2 aliphatic carbocycles. The zero-order valence-electron chi connectivity index (χ0n) is 17.4. The van der Waals surface area contributed by atoms with Crippen LogP contribution in [0.5, 0.6) is 0 Å². The van der Waals surface area contributed by atoms with E-state index in [2.05, 4.69) is 10.6 Å². The van der Waals surface area contributed by atoms with Crippen LogP contribution in [0.4, 0.5) is 5.00 Å². The Labute approximate surface area is 189 Å². The van der Waals surface area contributed by atoms with Gasteiger partial charge in [0.2, 0.25) is 17.7 Å². The molecule has 1 aromatic rings. The molecule has 3 aliphatic rings. The minimum atomic E-state index is -0.567. The molecule has 2 bridgehead atoms. The van der Waals surface area contributed by atoms with Crippen molar-refractivity contribution in [2.24, 2.45) is 23.7 Å². The van der Waals surface area contributed by atoms with Crippen molar-refractivity contribution in [3.05, 3.63) is 28.2 Å². The van der Waals surface area contributed by atoms with Crippen molar-refractivity contribution in [3.63, 3.8) is 0 Å². The Morgan fingerprint density at radius 3 is 2.39 bits per heavy atom. The number of likely N-dealkylation sites (tertiary alicyclic amines) is 1. The molecule has 2 heterocycles. The lowest BCUT2D eigenvalue weighted by Gasteiger charge is -2.17. The van der Waals surface area contributed by atoms with Crippen LogP contribution in [0.15, 0.2) is 12.2 Å². The van der Waals surface area contributed by atoms with E-state index in [1.165, 1.54) is 11.3 Å². The van der Waals surface area contributed by atoms with E-state index in [1.807, 2.05) is 26.0 Å². The third-order valence-corrected chi connectivity index (χ3v) is 7.54. The number of fused-ring (bicyclic) bond motifs is 5. The van der Waals surface area contributed by atoms with Gasteiger partial charge in [0, 0.05) is 4.88 Å². The number of nitrogens with zero attached hydrogens (tertiary/aromatic N) is 1. The number of hydrogen-bond donors (Lipinski definition) is 2. The van der Waals surface area contributed by atoms with E-state index in [4.69, 9.17) is 17.0 Å². The van der Waals surface area contributed by atoms with Crippen molar-refractivity contribution in [2.45, 2.75) is 27.2 Å². The van der Waals surface area contributed by atoms with Crippen molar-refractivity contribution in [3.8, 4) is 0 Å². The van der Waals surface area contributed by atoms with Gasteiger partial charge in [-0.15, -0.1) is 11.3 Å². The number of amides is 3. The summed E-state index contributed by atoms with van der Waals surface area (Å²) in [5, 5.41) is 5.83. The minimum Gasteiger partial charge on any atom is -0.462 e. The lowest BCUT2D eigenvalue weighted by Crippen LogP contribution is -2.44. The summed E-state index contributed by atoms with van der Waals surface area (Å²) in [7, 11) is 0. The summed E-state index contributed by atoms with van der Waals surface area (Å²) in [5.41, 5.74) is 1.16. The summed E-state index contributed by atoms with van der Waals surface area (Å²) in [6.07, 6.45) is 4.85. The molecule has 0 unspecified atom stereocenters. The number of carbonyl (C=O) groups is 4. The monoisotopic (exact) mass is 461 g/mol. The number of rotatable bonds is 5. The summed E-state index contributed by atoms with van der Waals surface area (Å²) in [6.45, 7) is 5.28. The lowest BCUT2D eigenvalue weighted by molar-refractivity contribution is -0.144. The van der Waals surface area contributed by atoms with Crippen LogP contribution in [-0.2, 0) is 19.1 Å². The van der Waals surface area contributed by atoms with E-state index in [0.717, 1.165) is 21.8 Å². The summed E-state index contributed by atoms with van der Waals surface area (Å²) >= 11 is 6.54. The van der Waals surface area contributed by atoms with Gasteiger partial charge in [0.15, 0.2) is 5.11 Å². The third-order valence-electron chi connectivity index (χ3n) is 6.21. The molecule has 1 saturated heterocycles. The Kier molecular flexibility index (Phi) is 5.69. The first-order valence-electron chi connectivity index (χ1n) is 10.1. The maximum absolute atomic E-state index is 12.7. The highest BCUT2D eigenvalue weighted by molar-refractivity contribution is 7.80. The number of thiocarbonyl (C=S) groups is 1. The van der Waals surface area contributed by atoms with Gasteiger partial charge in [0.25, 0.3) is 0 Å². The topological polar surface area (TPSA) is 105 Å². The van der Waals surface area contributed by atoms with Crippen LogP contribution < -0.4 is 10.6 Å². The minimum absolute atomic E-state index is 0.0159. The molecule has 0 spiro atoms. The molecule has 1 aromatic heterocycles. The first-order valence-corrected chi connectivity index (χ1v) is 11.4. The van der Waals surface area contributed by atoms with Gasteiger partial charge in [-0.05, 0) is 56.8 Å². The number of esters is 1. The van der Waals surface area contributed by atoms with Gasteiger partial charge in [-0.1, -0.05) is 12.2 Å². The first-order chi connectivity index (χ1) is 14.7. The molecule has 164 valence electrons. The Morgan fingerprint density at radius 1 is 1.19 bits per heavy atom. The summed E-state index contributed by atoms with van der Waals surface area (Å²) in [5.74, 6) is -2.10. The normalized spacial score (nSPS) is 25.7. The second-order valence-corrected chi connectivity index (χ2v) is 9.61. The first kappa shape index (κ1) is 21.6.